The molecule has 0 aromatic heterocycles. The largest absolute Gasteiger partial charge is 0.475 e. The Morgan fingerprint density at radius 3 is 1.74 bits per heavy atom. The van der Waals surface area contributed by atoms with Crippen LogP contribution in [0.2, 0.25) is 0 Å². The zero-order chi connectivity index (χ0) is 26.9. The minimum atomic E-state index is -3.98. The predicted octanol–water partition coefficient (Wildman–Crippen LogP) is 6.66. The highest BCUT2D eigenvalue weighted by Gasteiger charge is 2.50. The molecular formula is C29H34NO7P. The average molecular weight is 540 g/mol. The van der Waals surface area contributed by atoms with Crippen molar-refractivity contribution >= 4 is 14.0 Å². The summed E-state index contributed by atoms with van der Waals surface area (Å²) in [6, 6.07) is 28.5. The summed E-state index contributed by atoms with van der Waals surface area (Å²) in [6.07, 6.45) is 0.884. The molecule has 38 heavy (non-hydrogen) atoms. The summed E-state index contributed by atoms with van der Waals surface area (Å²) in [5, 5.41) is 4.12. The highest BCUT2D eigenvalue weighted by atomic mass is 31.2. The lowest BCUT2D eigenvalue weighted by Crippen LogP contribution is -2.41. The zero-order valence-corrected chi connectivity index (χ0v) is 22.8. The van der Waals surface area contributed by atoms with Crippen molar-refractivity contribution in [1.82, 2.24) is 0 Å². The van der Waals surface area contributed by atoms with Crippen molar-refractivity contribution in [3.8, 4) is 0 Å². The number of oxime groups is 1. The monoisotopic (exact) mass is 539 g/mol. The third kappa shape index (κ3) is 8.33. The van der Waals surface area contributed by atoms with E-state index < -0.39 is 25.3 Å². The van der Waals surface area contributed by atoms with Gasteiger partial charge in [-0.25, -0.2) is 4.57 Å². The van der Waals surface area contributed by atoms with Crippen LogP contribution >= 0.6 is 7.82 Å². The third-order valence-electron chi connectivity index (χ3n) is 5.84. The fourth-order valence-electron chi connectivity index (χ4n) is 3.94. The lowest BCUT2D eigenvalue weighted by Gasteiger charge is -2.25. The number of phosphoric ester groups is 1. The highest BCUT2D eigenvalue weighted by molar-refractivity contribution is 7.48. The first-order chi connectivity index (χ1) is 18.3. The van der Waals surface area contributed by atoms with Crippen molar-refractivity contribution in [2.75, 3.05) is 6.61 Å². The van der Waals surface area contributed by atoms with Gasteiger partial charge in [0.1, 0.15) is 18.3 Å². The van der Waals surface area contributed by atoms with Gasteiger partial charge in [-0.2, -0.15) is 0 Å². The van der Waals surface area contributed by atoms with Crippen LogP contribution in [-0.4, -0.2) is 30.3 Å². The second kappa shape index (κ2) is 12.8. The molecule has 0 aliphatic carbocycles. The van der Waals surface area contributed by atoms with Crippen LogP contribution in [0, 0.1) is 0 Å². The maximum Gasteiger partial charge on any atom is 0.475 e. The first-order valence-corrected chi connectivity index (χ1v) is 13.9. The molecule has 1 aliphatic rings. The smallest absolute Gasteiger partial charge is 0.391 e. The number of phosphoric acid groups is 1. The molecule has 8 nitrogen and oxygen atoms in total. The van der Waals surface area contributed by atoms with Crippen LogP contribution in [0.4, 0.5) is 0 Å². The van der Waals surface area contributed by atoms with Crippen LogP contribution < -0.4 is 0 Å². The molecule has 0 amide bonds. The highest BCUT2D eigenvalue weighted by Crippen LogP contribution is 2.52. The average Bonchev–Trinajstić information content (AvgIpc) is 3.17. The van der Waals surface area contributed by atoms with Gasteiger partial charge in [0, 0.05) is 0 Å². The molecule has 9 heteroatoms. The van der Waals surface area contributed by atoms with Gasteiger partial charge < -0.3 is 14.3 Å². The fraction of sp³-hybridized carbons (Fsp3) is 0.345. The van der Waals surface area contributed by atoms with E-state index in [1.807, 2.05) is 97.9 Å². The quantitative estimate of drug-likeness (QED) is 0.136. The van der Waals surface area contributed by atoms with E-state index in [2.05, 4.69) is 5.16 Å². The molecule has 1 fully saturated rings. The van der Waals surface area contributed by atoms with E-state index in [1.54, 1.807) is 20.1 Å². The van der Waals surface area contributed by atoms with Crippen molar-refractivity contribution in [3.63, 3.8) is 0 Å². The zero-order valence-electron chi connectivity index (χ0n) is 21.9. The molecule has 0 bridgehead atoms. The third-order valence-corrected chi connectivity index (χ3v) is 7.19. The van der Waals surface area contributed by atoms with Gasteiger partial charge in [0.2, 0.25) is 0 Å². The molecule has 2 atom stereocenters. The standard InChI is InChI=1S/C29H34NO7P/c1-28(2)36-27(29(3,37-28)23-30-32-19-24-13-7-4-8-14-24)22-35-38(31,33-20-25-15-9-5-10-16-25)34-21-26-17-11-6-12-18-26/h4-18,23,27H,19-22H2,1-3H3/b30-23-. The van der Waals surface area contributed by atoms with Crippen molar-refractivity contribution in [2.45, 2.75) is 58.1 Å². The predicted molar refractivity (Wildman–Crippen MR) is 144 cm³/mol. The molecule has 3 aromatic carbocycles. The van der Waals surface area contributed by atoms with E-state index in [1.165, 1.54) is 0 Å². The summed E-state index contributed by atoms with van der Waals surface area (Å²) in [5.74, 6) is -0.923. The van der Waals surface area contributed by atoms with Crippen molar-refractivity contribution in [3.05, 3.63) is 108 Å². The van der Waals surface area contributed by atoms with E-state index in [-0.39, 0.29) is 19.8 Å². The van der Waals surface area contributed by atoms with Crippen molar-refractivity contribution < 1.29 is 32.4 Å². The SMILES string of the molecule is CC1(C)OC(COP(=O)(OCc2ccccc2)OCc2ccccc2)C(C)(/C=N\OCc2ccccc2)O1. The van der Waals surface area contributed by atoms with E-state index in [0.29, 0.717) is 6.61 Å². The molecule has 3 aromatic rings. The second-order valence-electron chi connectivity index (χ2n) is 9.55. The Kier molecular flexibility index (Phi) is 9.49. The minimum absolute atomic E-state index is 0.0620. The molecule has 1 aliphatic heterocycles. The fourth-order valence-corrected chi connectivity index (χ4v) is 5.10. The van der Waals surface area contributed by atoms with Crippen molar-refractivity contribution in [1.29, 1.82) is 0 Å². The van der Waals surface area contributed by atoms with Crippen LogP contribution in [-0.2, 0) is 52.3 Å². The Morgan fingerprint density at radius 2 is 1.24 bits per heavy atom. The molecule has 0 radical (unpaired) electrons. The number of hydrogen-bond donors (Lipinski definition) is 0. The molecule has 202 valence electrons. The first kappa shape index (κ1) is 28.2. The lowest BCUT2D eigenvalue weighted by molar-refractivity contribution is -0.152. The van der Waals surface area contributed by atoms with E-state index >= 15 is 0 Å². The van der Waals surface area contributed by atoms with Crippen LogP contribution in [0.5, 0.6) is 0 Å². The normalized spacial score (nSPS) is 21.1. The second-order valence-corrected chi connectivity index (χ2v) is 11.2. The summed E-state index contributed by atoms with van der Waals surface area (Å²) >= 11 is 0. The Hall–Kier alpha value is -2.84. The van der Waals surface area contributed by atoms with E-state index in [4.69, 9.17) is 27.9 Å². The van der Waals surface area contributed by atoms with Crippen LogP contribution in [0.3, 0.4) is 0 Å². The Labute approximate surface area is 224 Å². The van der Waals surface area contributed by atoms with E-state index in [9.17, 15) is 4.57 Å². The summed E-state index contributed by atoms with van der Waals surface area (Å²) < 4.78 is 43.1. The maximum absolute atomic E-state index is 13.7. The van der Waals surface area contributed by atoms with Gasteiger partial charge in [0.15, 0.2) is 5.79 Å². The van der Waals surface area contributed by atoms with Crippen LogP contribution in [0.15, 0.2) is 96.2 Å². The molecular weight excluding hydrogens is 505 g/mol. The molecule has 0 N–H and O–H groups in total. The number of nitrogens with zero attached hydrogens (tertiary/aromatic N) is 1. The topological polar surface area (TPSA) is 84.8 Å². The number of hydrogen-bond acceptors (Lipinski definition) is 8. The molecule has 2 unspecified atom stereocenters. The van der Waals surface area contributed by atoms with Crippen molar-refractivity contribution in [2.24, 2.45) is 5.16 Å². The molecule has 0 spiro atoms. The van der Waals surface area contributed by atoms with E-state index in [0.717, 1.165) is 16.7 Å². The van der Waals surface area contributed by atoms with Gasteiger partial charge >= 0.3 is 7.82 Å². The number of ether oxygens (including phenoxy) is 2. The molecule has 0 saturated carbocycles. The first-order valence-electron chi connectivity index (χ1n) is 12.5. The van der Waals surface area contributed by atoms with Gasteiger partial charge in [-0.05, 0) is 37.5 Å². The van der Waals surface area contributed by atoms with Crippen LogP contribution in [0.1, 0.15) is 37.5 Å². The summed E-state index contributed by atoms with van der Waals surface area (Å²) in [7, 11) is -3.98. The van der Waals surface area contributed by atoms with Crippen LogP contribution in [0.25, 0.3) is 0 Å². The summed E-state index contributed by atoms with van der Waals surface area (Å²) in [6.45, 7) is 5.72. The number of rotatable bonds is 13. The minimum Gasteiger partial charge on any atom is -0.391 e. The Bertz CT molecular complexity index is 1160. The lowest BCUT2D eigenvalue weighted by atomic mass is 10.0. The Morgan fingerprint density at radius 1 is 0.763 bits per heavy atom. The summed E-state index contributed by atoms with van der Waals surface area (Å²) in [4.78, 5) is 5.47. The van der Waals surface area contributed by atoms with Gasteiger partial charge in [-0.15, -0.1) is 0 Å². The summed E-state index contributed by atoms with van der Waals surface area (Å²) in [5.41, 5.74) is 1.66. The maximum atomic E-state index is 13.7. The van der Waals surface area contributed by atoms with Gasteiger partial charge in [-0.3, -0.25) is 13.6 Å². The van der Waals surface area contributed by atoms with Gasteiger partial charge in [0.05, 0.1) is 26.0 Å². The molecule has 1 saturated heterocycles. The van der Waals surface area contributed by atoms with Gasteiger partial charge in [-0.1, -0.05) is 96.2 Å². The molecule has 4 rings (SSSR count). The Balaban J connectivity index is 1.42. The van der Waals surface area contributed by atoms with Gasteiger partial charge in [0.25, 0.3) is 0 Å². The number of benzene rings is 3. The molecule has 1 heterocycles.